The van der Waals surface area contributed by atoms with Crippen molar-refractivity contribution in [1.82, 2.24) is 4.90 Å². The fraction of sp³-hybridized carbons (Fsp3) is 0.692. The fourth-order valence-corrected chi connectivity index (χ4v) is 4.11. The van der Waals surface area contributed by atoms with Crippen molar-refractivity contribution >= 4 is 38.9 Å². The van der Waals surface area contributed by atoms with E-state index in [4.69, 9.17) is 17.3 Å². The average Bonchev–Trinajstić information content (AvgIpc) is 3.06. The van der Waals surface area contributed by atoms with Crippen molar-refractivity contribution in [3.63, 3.8) is 0 Å². The van der Waals surface area contributed by atoms with E-state index in [9.17, 15) is 0 Å². The van der Waals surface area contributed by atoms with Gasteiger partial charge in [0, 0.05) is 28.5 Å². The van der Waals surface area contributed by atoms with Crippen molar-refractivity contribution in [2.24, 2.45) is 11.7 Å². The fourth-order valence-electron chi connectivity index (χ4n) is 2.24. The summed E-state index contributed by atoms with van der Waals surface area (Å²) in [6.45, 7) is 6.30. The smallest absolute Gasteiger partial charge is 0.107 e. The van der Waals surface area contributed by atoms with Crippen LogP contribution in [0.25, 0.3) is 0 Å². The maximum absolute atomic E-state index is 6.15. The molecule has 1 aliphatic rings. The summed E-state index contributed by atoms with van der Waals surface area (Å²) in [7, 11) is 0. The van der Waals surface area contributed by atoms with Gasteiger partial charge in [-0.25, -0.2) is 0 Å². The van der Waals surface area contributed by atoms with Gasteiger partial charge in [-0.15, -0.1) is 11.3 Å². The number of nitrogens with zero attached hydrogens (tertiary/aromatic N) is 1. The molecule has 0 aliphatic heterocycles. The number of hydrogen-bond donors (Lipinski definition) is 1. The molecule has 1 heterocycles. The Kier molecular flexibility index (Phi) is 5.12. The number of hydrogen-bond acceptors (Lipinski definition) is 3. The first kappa shape index (κ1) is 14.8. The van der Waals surface area contributed by atoms with Crippen molar-refractivity contribution in [3.05, 3.63) is 19.8 Å². The Labute approximate surface area is 127 Å². The molecular formula is C13H20BrClN2S. The van der Waals surface area contributed by atoms with Gasteiger partial charge in [-0.3, -0.25) is 4.90 Å². The second-order valence-corrected chi connectivity index (χ2v) is 7.80. The molecule has 2 nitrogen and oxygen atoms in total. The van der Waals surface area contributed by atoms with Crippen LogP contribution in [-0.4, -0.2) is 24.0 Å². The highest BCUT2D eigenvalue weighted by molar-refractivity contribution is 9.10. The zero-order valence-electron chi connectivity index (χ0n) is 10.8. The summed E-state index contributed by atoms with van der Waals surface area (Å²) in [5.41, 5.74) is 6.01. The summed E-state index contributed by atoms with van der Waals surface area (Å²) in [5.74, 6) is 0.875. The molecular weight excluding hydrogens is 332 g/mol. The van der Waals surface area contributed by atoms with Crippen molar-refractivity contribution in [2.75, 3.05) is 13.1 Å². The predicted octanol–water partition coefficient (Wildman–Crippen LogP) is 4.28. The minimum absolute atomic E-state index is 0.291. The molecule has 1 aromatic rings. The lowest BCUT2D eigenvalue weighted by Gasteiger charge is -2.33. The lowest BCUT2D eigenvalue weighted by molar-refractivity contribution is 0.152. The standard InChI is InChI=1S/C13H20BrClN2S/c1-8(2)17(7-9-3-4-9)11(6-16)12-5-10(14)13(15)18-12/h5,8-9,11H,3-4,6-7,16H2,1-2H3. The van der Waals surface area contributed by atoms with Gasteiger partial charge >= 0.3 is 0 Å². The van der Waals surface area contributed by atoms with Crippen LogP contribution in [0.15, 0.2) is 10.5 Å². The Morgan fingerprint density at radius 2 is 2.22 bits per heavy atom. The first-order valence-electron chi connectivity index (χ1n) is 6.43. The van der Waals surface area contributed by atoms with Crippen LogP contribution < -0.4 is 5.73 Å². The van der Waals surface area contributed by atoms with Gasteiger partial charge in [0.1, 0.15) is 4.34 Å². The van der Waals surface area contributed by atoms with Gasteiger partial charge in [-0.05, 0) is 54.6 Å². The zero-order valence-corrected chi connectivity index (χ0v) is 14.0. The lowest BCUT2D eigenvalue weighted by atomic mass is 10.1. The molecule has 1 atom stereocenters. The molecule has 1 saturated carbocycles. The van der Waals surface area contributed by atoms with E-state index >= 15 is 0 Å². The molecule has 5 heteroatoms. The van der Waals surface area contributed by atoms with Crippen LogP contribution in [-0.2, 0) is 0 Å². The van der Waals surface area contributed by atoms with Crippen molar-refractivity contribution in [2.45, 2.75) is 38.8 Å². The van der Waals surface area contributed by atoms with Gasteiger partial charge in [0.15, 0.2) is 0 Å². The summed E-state index contributed by atoms with van der Waals surface area (Å²) in [6.07, 6.45) is 2.74. The number of nitrogens with two attached hydrogens (primary N) is 1. The maximum Gasteiger partial charge on any atom is 0.107 e. The second-order valence-electron chi connectivity index (χ2n) is 5.26. The van der Waals surface area contributed by atoms with E-state index in [0.717, 1.165) is 21.3 Å². The largest absolute Gasteiger partial charge is 0.329 e. The van der Waals surface area contributed by atoms with Crippen molar-refractivity contribution < 1.29 is 0 Å². The molecule has 1 fully saturated rings. The highest BCUT2D eigenvalue weighted by atomic mass is 79.9. The first-order valence-corrected chi connectivity index (χ1v) is 8.42. The zero-order chi connectivity index (χ0) is 13.3. The van der Waals surface area contributed by atoms with Crippen molar-refractivity contribution in [3.8, 4) is 0 Å². The van der Waals surface area contributed by atoms with Gasteiger partial charge in [-0.2, -0.15) is 0 Å². The minimum atomic E-state index is 0.291. The monoisotopic (exact) mass is 350 g/mol. The van der Waals surface area contributed by atoms with Gasteiger partial charge in [0.05, 0.1) is 6.04 Å². The summed E-state index contributed by atoms with van der Waals surface area (Å²) in [4.78, 5) is 3.79. The Hall–Kier alpha value is 0.390. The summed E-state index contributed by atoms with van der Waals surface area (Å²) in [5, 5.41) is 0. The van der Waals surface area contributed by atoms with E-state index in [1.54, 1.807) is 11.3 Å². The third-order valence-corrected chi connectivity index (χ3v) is 6.02. The summed E-state index contributed by atoms with van der Waals surface area (Å²) in [6, 6.07) is 2.92. The van der Waals surface area contributed by atoms with Crippen LogP contribution >= 0.6 is 38.9 Å². The molecule has 0 radical (unpaired) electrons. The first-order chi connectivity index (χ1) is 8.52. The van der Waals surface area contributed by atoms with Crippen LogP contribution in [0.3, 0.4) is 0 Å². The van der Waals surface area contributed by atoms with Crippen LogP contribution in [0.5, 0.6) is 0 Å². The molecule has 0 bridgehead atoms. The predicted molar refractivity (Wildman–Crippen MR) is 83.4 cm³/mol. The van der Waals surface area contributed by atoms with Crippen LogP contribution in [0.1, 0.15) is 37.6 Å². The third-order valence-electron chi connectivity index (χ3n) is 3.45. The van der Waals surface area contributed by atoms with Gasteiger partial charge in [0.2, 0.25) is 0 Å². The lowest BCUT2D eigenvalue weighted by Crippen LogP contribution is -2.39. The van der Waals surface area contributed by atoms with E-state index in [-0.39, 0.29) is 0 Å². The molecule has 2 N–H and O–H groups in total. The van der Waals surface area contributed by atoms with E-state index in [0.29, 0.717) is 18.6 Å². The molecule has 102 valence electrons. The molecule has 1 unspecified atom stereocenters. The van der Waals surface area contributed by atoms with Crippen LogP contribution in [0.4, 0.5) is 0 Å². The Morgan fingerprint density at radius 3 is 2.61 bits per heavy atom. The summed E-state index contributed by atoms with van der Waals surface area (Å²) < 4.78 is 1.80. The number of thiophene rings is 1. The normalized spacial score (nSPS) is 17.7. The molecule has 0 spiro atoms. The molecule has 1 aromatic heterocycles. The maximum atomic E-state index is 6.15. The van der Waals surface area contributed by atoms with Gasteiger partial charge in [-0.1, -0.05) is 11.6 Å². The quantitative estimate of drug-likeness (QED) is 0.828. The van der Waals surface area contributed by atoms with Gasteiger partial charge in [0.25, 0.3) is 0 Å². The molecule has 0 aromatic carbocycles. The third kappa shape index (κ3) is 3.48. The molecule has 0 saturated heterocycles. The number of halogens is 2. The second kappa shape index (κ2) is 6.23. The summed E-state index contributed by atoms with van der Waals surface area (Å²) >= 11 is 11.3. The van der Waals surface area contributed by atoms with Gasteiger partial charge < -0.3 is 5.73 Å². The Balaban J connectivity index is 2.17. The van der Waals surface area contributed by atoms with Crippen LogP contribution in [0, 0.1) is 5.92 Å². The minimum Gasteiger partial charge on any atom is -0.329 e. The highest BCUT2D eigenvalue weighted by Gasteiger charge is 2.30. The molecule has 1 aliphatic carbocycles. The van der Waals surface area contributed by atoms with E-state index < -0.39 is 0 Å². The van der Waals surface area contributed by atoms with Crippen LogP contribution in [0.2, 0.25) is 4.34 Å². The van der Waals surface area contributed by atoms with E-state index in [1.807, 2.05) is 0 Å². The Morgan fingerprint density at radius 1 is 1.56 bits per heavy atom. The molecule has 2 rings (SSSR count). The Bertz CT molecular complexity index is 384. The topological polar surface area (TPSA) is 29.3 Å². The highest BCUT2D eigenvalue weighted by Crippen LogP contribution is 2.39. The van der Waals surface area contributed by atoms with E-state index in [2.05, 4.69) is 40.7 Å². The molecule has 0 amide bonds. The average molecular weight is 352 g/mol. The van der Waals surface area contributed by atoms with E-state index in [1.165, 1.54) is 17.7 Å². The van der Waals surface area contributed by atoms with Crippen molar-refractivity contribution in [1.29, 1.82) is 0 Å². The molecule has 18 heavy (non-hydrogen) atoms. The number of rotatable bonds is 6. The SMILES string of the molecule is CC(C)N(CC1CC1)C(CN)c1cc(Br)c(Cl)s1.